The van der Waals surface area contributed by atoms with Gasteiger partial charge in [0.05, 0.1) is 5.37 Å². The second kappa shape index (κ2) is 8.71. The lowest BCUT2D eigenvalue weighted by atomic mass is 9.97. The summed E-state index contributed by atoms with van der Waals surface area (Å²) >= 11 is 1.57. The highest BCUT2D eigenvalue weighted by Crippen LogP contribution is 2.26. The Balaban J connectivity index is 2.57. The van der Waals surface area contributed by atoms with Crippen LogP contribution in [0.1, 0.15) is 47.5 Å². The van der Waals surface area contributed by atoms with Crippen LogP contribution in [0.25, 0.3) is 0 Å². The Morgan fingerprint density at radius 2 is 2.00 bits per heavy atom. The minimum Gasteiger partial charge on any atom is -0.480 e. The quantitative estimate of drug-likeness (QED) is 0.589. The van der Waals surface area contributed by atoms with Gasteiger partial charge in [0.25, 0.3) is 0 Å². The first-order chi connectivity index (χ1) is 11.0. The number of amides is 1. The Morgan fingerprint density at radius 3 is 2.46 bits per heavy atom. The second-order valence-electron chi connectivity index (χ2n) is 7.24. The van der Waals surface area contributed by atoms with Gasteiger partial charge in [-0.05, 0) is 39.5 Å². The summed E-state index contributed by atoms with van der Waals surface area (Å²) in [6, 6.07) is -1.22. The van der Waals surface area contributed by atoms with Crippen LogP contribution in [-0.4, -0.2) is 51.8 Å². The molecule has 1 heterocycles. The van der Waals surface area contributed by atoms with Crippen molar-refractivity contribution < 1.29 is 24.2 Å². The van der Waals surface area contributed by atoms with Crippen molar-refractivity contribution >= 4 is 29.6 Å². The number of aliphatic carboxylic acids is 1. The Morgan fingerprint density at radius 1 is 1.38 bits per heavy atom. The van der Waals surface area contributed by atoms with E-state index in [1.165, 1.54) is 6.92 Å². The third kappa shape index (κ3) is 7.53. The van der Waals surface area contributed by atoms with Crippen LogP contribution in [0.5, 0.6) is 0 Å². The molecule has 3 N–H and O–H groups in total. The molecule has 8 heteroatoms. The first-order valence-corrected chi connectivity index (χ1v) is 9.13. The summed E-state index contributed by atoms with van der Waals surface area (Å²) in [5.74, 6) is -0.916. The zero-order chi connectivity index (χ0) is 18.5. The van der Waals surface area contributed by atoms with Crippen LogP contribution < -0.4 is 10.6 Å². The Labute approximate surface area is 147 Å². The molecular weight excluding hydrogens is 332 g/mol. The van der Waals surface area contributed by atoms with E-state index >= 15 is 0 Å². The molecule has 0 radical (unpaired) electrons. The molecular formula is C16H28N2O5S. The van der Waals surface area contributed by atoms with E-state index in [4.69, 9.17) is 9.84 Å². The molecule has 0 spiro atoms. The normalized spacial score (nSPS) is 23.4. The first kappa shape index (κ1) is 20.8. The fourth-order valence-electron chi connectivity index (χ4n) is 2.51. The van der Waals surface area contributed by atoms with Crippen molar-refractivity contribution in [3.05, 3.63) is 0 Å². The number of hydrogen-bond donors (Lipinski definition) is 3. The molecule has 1 rings (SSSR count). The molecule has 138 valence electrons. The van der Waals surface area contributed by atoms with Gasteiger partial charge in [-0.2, -0.15) is 0 Å². The number of nitrogens with one attached hydrogen (secondary N) is 2. The summed E-state index contributed by atoms with van der Waals surface area (Å²) in [7, 11) is 0. The van der Waals surface area contributed by atoms with E-state index in [-0.39, 0.29) is 17.2 Å². The molecule has 1 fully saturated rings. The Kier molecular flexibility index (Phi) is 7.54. The number of carbonyl (C=O) groups excluding carboxylic acids is 2. The van der Waals surface area contributed by atoms with Crippen molar-refractivity contribution in [2.75, 3.05) is 5.75 Å². The third-order valence-corrected chi connectivity index (χ3v) is 4.73. The van der Waals surface area contributed by atoms with E-state index < -0.39 is 29.6 Å². The van der Waals surface area contributed by atoms with Crippen molar-refractivity contribution in [1.82, 2.24) is 10.6 Å². The number of thioether (sulfide) groups is 1. The molecule has 24 heavy (non-hydrogen) atoms. The van der Waals surface area contributed by atoms with Crippen LogP contribution in [-0.2, 0) is 19.1 Å². The standard InChI is InChI=1S/C16H28N2O5S/c1-9(7-13-18-12(8-24-13)14(20)21)6-11(17-10(2)19)15(22)23-16(3,4)5/h9,11-13,18H,6-8H2,1-5H3,(H,17,19)(H,20,21)/t9-,11-,12?,13?/m0/s1. The molecule has 0 saturated carbocycles. The smallest absolute Gasteiger partial charge is 0.329 e. The highest BCUT2D eigenvalue weighted by molar-refractivity contribution is 8.00. The van der Waals surface area contributed by atoms with Crippen molar-refractivity contribution in [1.29, 1.82) is 0 Å². The lowest BCUT2D eigenvalue weighted by molar-refractivity contribution is -0.159. The molecule has 2 unspecified atom stereocenters. The minimum atomic E-state index is -0.845. The molecule has 0 bridgehead atoms. The van der Waals surface area contributed by atoms with Gasteiger partial charge in [0.1, 0.15) is 17.7 Å². The zero-order valence-corrected chi connectivity index (χ0v) is 15.7. The largest absolute Gasteiger partial charge is 0.480 e. The summed E-state index contributed by atoms with van der Waals surface area (Å²) in [5.41, 5.74) is -0.616. The lowest BCUT2D eigenvalue weighted by Gasteiger charge is -2.26. The van der Waals surface area contributed by atoms with E-state index in [2.05, 4.69) is 10.6 Å². The maximum Gasteiger partial charge on any atom is 0.329 e. The van der Waals surface area contributed by atoms with E-state index in [1.54, 1.807) is 32.5 Å². The SMILES string of the molecule is CC(=O)N[C@@H](C[C@H](C)CC1NC(C(=O)O)CS1)C(=O)OC(C)(C)C. The molecule has 1 saturated heterocycles. The van der Waals surface area contributed by atoms with E-state index in [0.717, 1.165) is 0 Å². The predicted octanol–water partition coefficient (Wildman–Crippen LogP) is 1.36. The average molecular weight is 360 g/mol. The molecule has 0 aliphatic carbocycles. The van der Waals surface area contributed by atoms with Crippen molar-refractivity contribution in [2.45, 2.75) is 70.5 Å². The van der Waals surface area contributed by atoms with Gasteiger partial charge < -0.3 is 15.2 Å². The van der Waals surface area contributed by atoms with Gasteiger partial charge in [-0.1, -0.05) is 6.92 Å². The fourth-order valence-corrected chi connectivity index (χ4v) is 3.90. The molecule has 4 atom stereocenters. The number of esters is 1. The van der Waals surface area contributed by atoms with Crippen LogP contribution >= 0.6 is 11.8 Å². The summed E-state index contributed by atoms with van der Waals surface area (Å²) in [5, 5.41) is 14.8. The van der Waals surface area contributed by atoms with Gasteiger partial charge in [-0.3, -0.25) is 14.9 Å². The topological polar surface area (TPSA) is 105 Å². The molecule has 0 aromatic carbocycles. The van der Waals surface area contributed by atoms with E-state index in [9.17, 15) is 14.4 Å². The van der Waals surface area contributed by atoms with E-state index in [0.29, 0.717) is 18.6 Å². The summed E-state index contributed by atoms with van der Waals surface area (Å²) in [4.78, 5) is 34.6. The molecule has 0 aromatic heterocycles. The molecule has 0 aromatic rings. The van der Waals surface area contributed by atoms with Crippen LogP contribution in [0.2, 0.25) is 0 Å². The highest BCUT2D eigenvalue weighted by atomic mass is 32.2. The number of rotatable bonds is 7. The van der Waals surface area contributed by atoms with Gasteiger partial charge >= 0.3 is 11.9 Å². The van der Waals surface area contributed by atoms with Crippen molar-refractivity contribution in [3.63, 3.8) is 0 Å². The number of carboxylic acids is 1. The summed E-state index contributed by atoms with van der Waals surface area (Å²) in [6.07, 6.45) is 1.16. The lowest BCUT2D eigenvalue weighted by Crippen LogP contribution is -2.44. The molecule has 1 aliphatic rings. The number of carbonyl (C=O) groups is 3. The van der Waals surface area contributed by atoms with Gasteiger partial charge in [-0.25, -0.2) is 4.79 Å². The number of ether oxygens (including phenoxy) is 1. The average Bonchev–Trinajstić information content (AvgIpc) is 2.83. The van der Waals surface area contributed by atoms with Gasteiger partial charge in [-0.15, -0.1) is 11.8 Å². The van der Waals surface area contributed by atoms with Crippen molar-refractivity contribution in [3.8, 4) is 0 Å². The highest BCUT2D eigenvalue weighted by Gasteiger charge is 2.32. The van der Waals surface area contributed by atoms with E-state index in [1.807, 2.05) is 6.92 Å². The molecule has 1 amide bonds. The maximum atomic E-state index is 12.3. The second-order valence-corrected chi connectivity index (χ2v) is 8.48. The maximum absolute atomic E-state index is 12.3. The monoisotopic (exact) mass is 360 g/mol. The third-order valence-electron chi connectivity index (χ3n) is 3.47. The van der Waals surface area contributed by atoms with Gasteiger partial charge in [0, 0.05) is 12.7 Å². The van der Waals surface area contributed by atoms with Crippen LogP contribution in [0, 0.1) is 5.92 Å². The van der Waals surface area contributed by atoms with Crippen LogP contribution in [0.15, 0.2) is 0 Å². The fraction of sp³-hybridized carbons (Fsp3) is 0.812. The molecule has 1 aliphatic heterocycles. The van der Waals surface area contributed by atoms with Crippen LogP contribution in [0.4, 0.5) is 0 Å². The Hall–Kier alpha value is -1.28. The first-order valence-electron chi connectivity index (χ1n) is 8.08. The zero-order valence-electron chi connectivity index (χ0n) is 14.9. The van der Waals surface area contributed by atoms with Crippen molar-refractivity contribution in [2.24, 2.45) is 5.92 Å². The van der Waals surface area contributed by atoms with Gasteiger partial charge in [0.2, 0.25) is 5.91 Å². The van der Waals surface area contributed by atoms with Crippen LogP contribution in [0.3, 0.4) is 0 Å². The van der Waals surface area contributed by atoms with Gasteiger partial charge in [0.15, 0.2) is 0 Å². The Bertz CT molecular complexity index is 478. The number of hydrogen-bond acceptors (Lipinski definition) is 6. The molecule has 7 nitrogen and oxygen atoms in total. The minimum absolute atomic E-state index is 0.0396. The number of carboxylic acid groups (broad SMARTS) is 1. The predicted molar refractivity (Wildman–Crippen MR) is 92.7 cm³/mol. The summed E-state index contributed by atoms with van der Waals surface area (Å²) < 4.78 is 5.37. The summed E-state index contributed by atoms with van der Waals surface area (Å²) in [6.45, 7) is 8.70.